The van der Waals surface area contributed by atoms with Crippen LogP contribution >= 0.6 is 0 Å². The van der Waals surface area contributed by atoms with Gasteiger partial charge in [0.1, 0.15) is 11.8 Å². The first kappa shape index (κ1) is 20.2. The minimum absolute atomic E-state index is 0.00700. The number of aromatic nitrogens is 1. The zero-order chi connectivity index (χ0) is 21.2. The summed E-state index contributed by atoms with van der Waals surface area (Å²) in [6.45, 7) is 3.09. The van der Waals surface area contributed by atoms with Gasteiger partial charge < -0.3 is 14.6 Å². The van der Waals surface area contributed by atoms with Gasteiger partial charge in [0, 0.05) is 50.4 Å². The van der Waals surface area contributed by atoms with Gasteiger partial charge in [-0.05, 0) is 55.4 Å². The number of piperidine rings is 3. The molecule has 0 aromatic carbocycles. The molecule has 3 aliphatic heterocycles. The summed E-state index contributed by atoms with van der Waals surface area (Å²) in [5.41, 5.74) is 1.10. The first-order chi connectivity index (χ1) is 15.2. The van der Waals surface area contributed by atoms with Gasteiger partial charge in [0.25, 0.3) is 0 Å². The van der Waals surface area contributed by atoms with E-state index in [1.54, 1.807) is 12.5 Å². The molecular formula is C24H30N4O3. The Morgan fingerprint density at radius 3 is 2.94 bits per heavy atom. The van der Waals surface area contributed by atoms with Crippen LogP contribution < -0.4 is 5.32 Å². The average Bonchev–Trinajstić information content (AvgIpc) is 3.28. The molecule has 7 nitrogen and oxygen atoms in total. The molecule has 0 aliphatic carbocycles. The third-order valence-electron chi connectivity index (χ3n) is 7.08. The van der Waals surface area contributed by atoms with E-state index in [1.165, 1.54) is 0 Å². The van der Waals surface area contributed by atoms with Crippen LogP contribution in [0.3, 0.4) is 0 Å². The summed E-state index contributed by atoms with van der Waals surface area (Å²) in [5, 5.41) is 3.12. The van der Waals surface area contributed by atoms with Gasteiger partial charge in [0.15, 0.2) is 0 Å². The van der Waals surface area contributed by atoms with Gasteiger partial charge in [0.05, 0.1) is 12.8 Å². The molecule has 5 rings (SSSR count). The molecular weight excluding hydrogens is 392 g/mol. The van der Waals surface area contributed by atoms with E-state index in [4.69, 9.17) is 4.42 Å². The van der Waals surface area contributed by atoms with Crippen LogP contribution in [-0.4, -0.2) is 58.3 Å². The molecule has 2 aromatic heterocycles. The van der Waals surface area contributed by atoms with E-state index in [0.29, 0.717) is 18.9 Å². The highest BCUT2D eigenvalue weighted by atomic mass is 16.3. The lowest BCUT2D eigenvalue weighted by atomic mass is 9.71. The van der Waals surface area contributed by atoms with E-state index in [-0.39, 0.29) is 29.8 Å². The lowest BCUT2D eigenvalue weighted by molar-refractivity contribution is -0.160. The van der Waals surface area contributed by atoms with Crippen molar-refractivity contribution in [2.45, 2.75) is 50.7 Å². The van der Waals surface area contributed by atoms with Crippen LogP contribution in [0.4, 0.5) is 0 Å². The van der Waals surface area contributed by atoms with Crippen molar-refractivity contribution in [3.63, 3.8) is 0 Å². The van der Waals surface area contributed by atoms with Crippen molar-refractivity contribution in [1.82, 2.24) is 20.1 Å². The SMILES string of the molecule is O=C(NCCc1cccnc1)[C@H]1[C@H]2C[C@H](CN(Cc3ccco3)C2)[C@@H]2CCCC(=O)N21. The highest BCUT2D eigenvalue weighted by molar-refractivity contribution is 5.89. The summed E-state index contributed by atoms with van der Waals surface area (Å²) in [4.78, 5) is 34.8. The zero-order valence-electron chi connectivity index (χ0n) is 17.8. The Morgan fingerprint density at radius 2 is 2.13 bits per heavy atom. The summed E-state index contributed by atoms with van der Waals surface area (Å²) in [6, 6.07) is 7.64. The molecule has 2 aromatic rings. The van der Waals surface area contributed by atoms with Crippen molar-refractivity contribution < 1.29 is 14.0 Å². The van der Waals surface area contributed by atoms with E-state index in [0.717, 1.165) is 56.6 Å². The van der Waals surface area contributed by atoms with Crippen LogP contribution in [0.15, 0.2) is 47.3 Å². The van der Waals surface area contributed by atoms with E-state index < -0.39 is 0 Å². The summed E-state index contributed by atoms with van der Waals surface area (Å²) < 4.78 is 5.56. The van der Waals surface area contributed by atoms with Crippen LogP contribution in [0, 0.1) is 11.8 Å². The standard InChI is InChI=1S/C24H30N4O3/c29-22-7-1-6-21-18-12-19(15-27(14-18)16-20-5-3-11-31-20)23(28(21)22)24(30)26-10-8-17-4-2-9-25-13-17/h2-5,9,11,13,18-19,21,23H,1,6-8,10,12,14-16H2,(H,26,30)/t18-,19+,21+,23-/m1/s1. The van der Waals surface area contributed by atoms with Crippen LogP contribution in [0.25, 0.3) is 0 Å². The molecule has 2 bridgehead atoms. The van der Waals surface area contributed by atoms with Crippen molar-refractivity contribution in [2.75, 3.05) is 19.6 Å². The van der Waals surface area contributed by atoms with Crippen molar-refractivity contribution in [3.05, 3.63) is 54.2 Å². The van der Waals surface area contributed by atoms with Crippen LogP contribution in [0.2, 0.25) is 0 Å². The van der Waals surface area contributed by atoms with Crippen LogP contribution in [0.1, 0.15) is 37.0 Å². The quantitative estimate of drug-likeness (QED) is 0.772. The third-order valence-corrected chi connectivity index (χ3v) is 7.08. The number of hydrogen-bond donors (Lipinski definition) is 1. The minimum atomic E-state index is -0.373. The predicted octanol–water partition coefficient (Wildman–Crippen LogP) is 2.23. The second-order valence-corrected chi connectivity index (χ2v) is 9.14. The maximum Gasteiger partial charge on any atom is 0.243 e. The van der Waals surface area contributed by atoms with Gasteiger partial charge in [-0.2, -0.15) is 0 Å². The lowest BCUT2D eigenvalue weighted by Crippen LogP contribution is -2.68. The van der Waals surface area contributed by atoms with Crippen molar-refractivity contribution >= 4 is 11.8 Å². The largest absolute Gasteiger partial charge is 0.468 e. The van der Waals surface area contributed by atoms with Gasteiger partial charge in [-0.25, -0.2) is 0 Å². The third kappa shape index (κ3) is 4.24. The van der Waals surface area contributed by atoms with E-state index in [9.17, 15) is 9.59 Å². The second-order valence-electron chi connectivity index (χ2n) is 9.14. The van der Waals surface area contributed by atoms with Gasteiger partial charge >= 0.3 is 0 Å². The Morgan fingerprint density at radius 1 is 1.23 bits per heavy atom. The molecule has 0 radical (unpaired) electrons. The van der Waals surface area contributed by atoms with E-state index in [2.05, 4.69) is 15.2 Å². The fourth-order valence-corrected chi connectivity index (χ4v) is 5.82. The van der Waals surface area contributed by atoms with Crippen LogP contribution in [-0.2, 0) is 22.6 Å². The molecule has 3 fully saturated rings. The molecule has 0 unspecified atom stereocenters. The molecule has 1 N–H and O–H groups in total. The number of carbonyl (C=O) groups excluding carboxylic acids is 2. The normalized spacial score (nSPS) is 28.3. The summed E-state index contributed by atoms with van der Waals surface area (Å²) >= 11 is 0. The minimum Gasteiger partial charge on any atom is -0.468 e. The molecule has 2 amide bonds. The average molecular weight is 423 g/mol. The number of likely N-dealkylation sites (tertiary alicyclic amines) is 1. The first-order valence-electron chi connectivity index (χ1n) is 11.4. The highest BCUT2D eigenvalue weighted by Crippen LogP contribution is 2.42. The molecule has 5 heterocycles. The maximum atomic E-state index is 13.4. The number of carbonyl (C=O) groups is 2. The molecule has 0 spiro atoms. The van der Waals surface area contributed by atoms with Gasteiger partial charge in [-0.15, -0.1) is 0 Å². The number of nitrogens with zero attached hydrogens (tertiary/aromatic N) is 3. The van der Waals surface area contributed by atoms with Gasteiger partial charge in [0.2, 0.25) is 11.8 Å². The molecule has 4 atom stereocenters. The number of pyridine rings is 1. The summed E-state index contributed by atoms with van der Waals surface area (Å²) in [5.74, 6) is 1.68. The Labute approximate surface area is 182 Å². The van der Waals surface area contributed by atoms with Crippen LogP contribution in [0.5, 0.6) is 0 Å². The first-order valence-corrected chi connectivity index (χ1v) is 11.4. The zero-order valence-corrected chi connectivity index (χ0v) is 17.8. The second kappa shape index (κ2) is 8.83. The number of amides is 2. The van der Waals surface area contributed by atoms with Gasteiger partial charge in [-0.3, -0.25) is 19.5 Å². The lowest BCUT2D eigenvalue weighted by Gasteiger charge is -2.55. The number of hydrogen-bond acceptors (Lipinski definition) is 5. The summed E-state index contributed by atoms with van der Waals surface area (Å²) in [6.07, 6.45) is 9.53. The molecule has 3 saturated heterocycles. The van der Waals surface area contributed by atoms with Gasteiger partial charge in [-0.1, -0.05) is 6.07 Å². The maximum absolute atomic E-state index is 13.4. The van der Waals surface area contributed by atoms with E-state index in [1.807, 2.05) is 35.4 Å². The number of fused-ring (bicyclic) bond motifs is 4. The fraction of sp³-hybridized carbons (Fsp3) is 0.542. The predicted molar refractivity (Wildman–Crippen MR) is 115 cm³/mol. The number of furan rings is 1. The molecule has 0 saturated carbocycles. The summed E-state index contributed by atoms with van der Waals surface area (Å²) in [7, 11) is 0. The highest BCUT2D eigenvalue weighted by Gasteiger charge is 2.51. The molecule has 164 valence electrons. The smallest absolute Gasteiger partial charge is 0.243 e. The topological polar surface area (TPSA) is 78.7 Å². The van der Waals surface area contributed by atoms with Crippen molar-refractivity contribution in [2.24, 2.45) is 11.8 Å². The monoisotopic (exact) mass is 422 g/mol. The Bertz CT molecular complexity index is 901. The number of rotatable bonds is 6. The van der Waals surface area contributed by atoms with E-state index >= 15 is 0 Å². The molecule has 31 heavy (non-hydrogen) atoms. The Balaban J connectivity index is 1.31. The fourth-order valence-electron chi connectivity index (χ4n) is 5.82. The Kier molecular flexibility index (Phi) is 5.76. The van der Waals surface area contributed by atoms with Crippen molar-refractivity contribution in [3.8, 4) is 0 Å². The number of nitrogens with one attached hydrogen (secondary N) is 1. The van der Waals surface area contributed by atoms with Crippen molar-refractivity contribution in [1.29, 1.82) is 0 Å². The molecule has 3 aliphatic rings. The molecule has 7 heteroatoms. The Hall–Kier alpha value is -2.67.